The van der Waals surface area contributed by atoms with E-state index in [0.717, 1.165) is 16.5 Å². The van der Waals surface area contributed by atoms with Crippen LogP contribution in [0.1, 0.15) is 12.8 Å². The molecule has 0 saturated carbocycles. The summed E-state index contributed by atoms with van der Waals surface area (Å²) in [5.41, 5.74) is 6.27. The average Bonchev–Trinajstić information content (AvgIpc) is 3.05. The first kappa shape index (κ1) is 21.7. The minimum absolute atomic E-state index is 0. The van der Waals surface area contributed by atoms with E-state index in [-0.39, 0.29) is 36.8 Å². The second-order valence-electron chi connectivity index (χ2n) is 5.20. The van der Waals surface area contributed by atoms with Crippen molar-refractivity contribution in [3.05, 3.63) is 42.7 Å². The standard InChI is InChI=1S/C16H18N4O2S.2ClH/c17-10-12-4-5-13(22-12)16(21)20-11-6-8-19-15(9-11)23-14-3-1-2-7-18-14;;/h1-3,6-9,12-13H,4-5,10,17H2,(H,19,20,21);2*1H/t12-,13+;;/m1../s1. The molecule has 2 aromatic rings. The van der Waals surface area contributed by atoms with E-state index in [1.54, 1.807) is 18.5 Å². The number of nitrogens with one attached hydrogen (secondary N) is 1. The number of carbonyl (C=O) groups excluding carboxylic acids is 1. The van der Waals surface area contributed by atoms with Gasteiger partial charge in [-0.15, -0.1) is 24.8 Å². The minimum Gasteiger partial charge on any atom is -0.364 e. The molecule has 6 nitrogen and oxygen atoms in total. The summed E-state index contributed by atoms with van der Waals surface area (Å²) in [6, 6.07) is 9.29. The highest BCUT2D eigenvalue weighted by atomic mass is 35.5. The first-order valence-electron chi connectivity index (χ1n) is 7.46. The van der Waals surface area contributed by atoms with E-state index in [1.807, 2.05) is 24.3 Å². The number of hydrogen-bond donors (Lipinski definition) is 2. The SMILES string of the molecule is Cl.Cl.NC[C@H]1CC[C@@H](C(=O)Nc2ccnc(Sc3ccccn3)c2)O1. The predicted octanol–water partition coefficient (Wildman–Crippen LogP) is 2.92. The van der Waals surface area contributed by atoms with Gasteiger partial charge in [0.25, 0.3) is 5.91 Å². The fourth-order valence-corrected chi connectivity index (χ4v) is 3.13. The van der Waals surface area contributed by atoms with Gasteiger partial charge < -0.3 is 15.8 Å². The molecule has 2 aromatic heterocycles. The molecule has 3 rings (SSSR count). The van der Waals surface area contributed by atoms with E-state index in [1.165, 1.54) is 11.8 Å². The molecule has 0 unspecified atom stereocenters. The molecule has 136 valence electrons. The number of ether oxygens (including phenoxy) is 1. The molecule has 0 spiro atoms. The summed E-state index contributed by atoms with van der Waals surface area (Å²) in [5, 5.41) is 4.50. The number of rotatable bonds is 5. The Balaban J connectivity index is 0.00000156. The Hall–Kier alpha value is -1.38. The van der Waals surface area contributed by atoms with Gasteiger partial charge in [-0.25, -0.2) is 9.97 Å². The van der Waals surface area contributed by atoms with Gasteiger partial charge in [-0.2, -0.15) is 0 Å². The summed E-state index contributed by atoms with van der Waals surface area (Å²) < 4.78 is 5.60. The third-order valence-corrected chi connectivity index (χ3v) is 4.40. The van der Waals surface area contributed by atoms with Crippen molar-refractivity contribution >= 4 is 48.2 Å². The van der Waals surface area contributed by atoms with Gasteiger partial charge in [0, 0.05) is 24.6 Å². The number of pyridine rings is 2. The number of amides is 1. The van der Waals surface area contributed by atoms with Crippen molar-refractivity contribution in [1.29, 1.82) is 0 Å². The number of halogens is 2. The zero-order valence-electron chi connectivity index (χ0n) is 13.3. The van der Waals surface area contributed by atoms with Gasteiger partial charge in [0.15, 0.2) is 0 Å². The van der Waals surface area contributed by atoms with Gasteiger partial charge in [-0.3, -0.25) is 4.79 Å². The minimum atomic E-state index is -0.427. The summed E-state index contributed by atoms with van der Waals surface area (Å²) >= 11 is 1.44. The molecule has 1 fully saturated rings. The largest absolute Gasteiger partial charge is 0.364 e. The van der Waals surface area contributed by atoms with Gasteiger partial charge in [0.2, 0.25) is 0 Å². The lowest BCUT2D eigenvalue weighted by Crippen LogP contribution is -2.29. The Labute approximate surface area is 163 Å². The van der Waals surface area contributed by atoms with Crippen molar-refractivity contribution in [3.63, 3.8) is 0 Å². The lowest BCUT2D eigenvalue weighted by Gasteiger charge is -2.13. The molecule has 1 aliphatic heterocycles. The Kier molecular flexibility index (Phi) is 9.16. The van der Waals surface area contributed by atoms with E-state index in [0.29, 0.717) is 18.7 Å². The third-order valence-electron chi connectivity index (χ3n) is 3.51. The van der Waals surface area contributed by atoms with Crippen LogP contribution < -0.4 is 11.1 Å². The van der Waals surface area contributed by atoms with Crippen LogP contribution in [0.4, 0.5) is 5.69 Å². The highest BCUT2D eigenvalue weighted by Crippen LogP contribution is 2.26. The zero-order chi connectivity index (χ0) is 16.1. The normalized spacial score (nSPS) is 18.8. The highest BCUT2D eigenvalue weighted by molar-refractivity contribution is 7.99. The number of anilines is 1. The van der Waals surface area contributed by atoms with Crippen LogP contribution in [0.15, 0.2) is 52.8 Å². The molecule has 0 aromatic carbocycles. The van der Waals surface area contributed by atoms with Crippen LogP contribution in [0.3, 0.4) is 0 Å². The summed E-state index contributed by atoms with van der Waals surface area (Å²) in [5.74, 6) is -0.138. The molecule has 1 aliphatic rings. The average molecular weight is 403 g/mol. The molecular weight excluding hydrogens is 383 g/mol. The van der Waals surface area contributed by atoms with Gasteiger partial charge in [0.1, 0.15) is 16.2 Å². The second-order valence-corrected chi connectivity index (χ2v) is 6.24. The van der Waals surface area contributed by atoms with Crippen molar-refractivity contribution in [3.8, 4) is 0 Å². The predicted molar refractivity (Wildman–Crippen MR) is 103 cm³/mol. The molecule has 0 bridgehead atoms. The Morgan fingerprint density at radius 2 is 2.00 bits per heavy atom. The molecule has 3 N–H and O–H groups in total. The van der Waals surface area contributed by atoms with Crippen LogP contribution in [-0.2, 0) is 9.53 Å². The summed E-state index contributed by atoms with van der Waals surface area (Å²) in [4.78, 5) is 20.8. The monoisotopic (exact) mass is 402 g/mol. The molecule has 1 amide bonds. The van der Waals surface area contributed by atoms with Crippen molar-refractivity contribution in [2.45, 2.75) is 35.1 Å². The van der Waals surface area contributed by atoms with E-state index in [4.69, 9.17) is 10.5 Å². The lowest BCUT2D eigenvalue weighted by molar-refractivity contribution is -0.126. The van der Waals surface area contributed by atoms with Crippen molar-refractivity contribution < 1.29 is 9.53 Å². The van der Waals surface area contributed by atoms with Crippen LogP contribution in [0.25, 0.3) is 0 Å². The molecule has 1 saturated heterocycles. The molecule has 0 aliphatic carbocycles. The Morgan fingerprint density at radius 1 is 1.20 bits per heavy atom. The van der Waals surface area contributed by atoms with Crippen LogP contribution >= 0.6 is 36.6 Å². The van der Waals surface area contributed by atoms with E-state index in [9.17, 15) is 4.79 Å². The van der Waals surface area contributed by atoms with Crippen molar-refractivity contribution in [1.82, 2.24) is 9.97 Å². The Bertz CT molecular complexity index is 678. The fourth-order valence-electron chi connectivity index (χ4n) is 2.35. The molecule has 25 heavy (non-hydrogen) atoms. The lowest BCUT2D eigenvalue weighted by atomic mass is 10.2. The van der Waals surface area contributed by atoms with Gasteiger partial charge in [-0.05, 0) is 37.1 Å². The highest BCUT2D eigenvalue weighted by Gasteiger charge is 2.29. The number of hydrogen-bond acceptors (Lipinski definition) is 6. The Morgan fingerprint density at radius 3 is 2.68 bits per heavy atom. The quantitative estimate of drug-likeness (QED) is 0.798. The zero-order valence-corrected chi connectivity index (χ0v) is 15.8. The summed E-state index contributed by atoms with van der Waals surface area (Å²) in [7, 11) is 0. The van der Waals surface area contributed by atoms with Crippen LogP contribution in [0.2, 0.25) is 0 Å². The fraction of sp³-hybridized carbons (Fsp3) is 0.312. The van der Waals surface area contributed by atoms with Crippen LogP contribution in [0.5, 0.6) is 0 Å². The molecular formula is C16H20Cl2N4O2S. The summed E-state index contributed by atoms with van der Waals surface area (Å²) in [6.45, 7) is 0.448. The molecule has 9 heteroatoms. The maximum atomic E-state index is 12.2. The van der Waals surface area contributed by atoms with Gasteiger partial charge in [0.05, 0.1) is 6.10 Å². The first-order chi connectivity index (χ1) is 11.2. The van der Waals surface area contributed by atoms with E-state index in [2.05, 4.69) is 15.3 Å². The molecule has 3 heterocycles. The second kappa shape index (κ2) is 10.6. The van der Waals surface area contributed by atoms with E-state index >= 15 is 0 Å². The first-order valence-corrected chi connectivity index (χ1v) is 8.27. The summed E-state index contributed by atoms with van der Waals surface area (Å²) in [6.07, 6.45) is 4.49. The van der Waals surface area contributed by atoms with E-state index < -0.39 is 6.10 Å². The van der Waals surface area contributed by atoms with Gasteiger partial charge >= 0.3 is 0 Å². The molecule has 2 atom stereocenters. The van der Waals surface area contributed by atoms with Crippen molar-refractivity contribution in [2.75, 3.05) is 11.9 Å². The molecule has 0 radical (unpaired) electrons. The third kappa shape index (κ3) is 6.13. The number of nitrogens with zero attached hydrogens (tertiary/aromatic N) is 2. The van der Waals surface area contributed by atoms with Gasteiger partial charge in [-0.1, -0.05) is 17.8 Å². The smallest absolute Gasteiger partial charge is 0.253 e. The number of aromatic nitrogens is 2. The van der Waals surface area contributed by atoms with Crippen LogP contribution in [-0.4, -0.2) is 34.6 Å². The maximum absolute atomic E-state index is 12.2. The maximum Gasteiger partial charge on any atom is 0.253 e. The van der Waals surface area contributed by atoms with Crippen LogP contribution in [0, 0.1) is 0 Å². The van der Waals surface area contributed by atoms with Crippen molar-refractivity contribution in [2.24, 2.45) is 5.73 Å². The topological polar surface area (TPSA) is 90.1 Å². The number of carbonyl (C=O) groups is 1. The number of nitrogens with two attached hydrogens (primary N) is 1.